The fourth-order valence-electron chi connectivity index (χ4n) is 5.92. The highest BCUT2D eigenvalue weighted by Gasteiger charge is 2.49. The van der Waals surface area contributed by atoms with Gasteiger partial charge in [-0.1, -0.05) is 48.7 Å². The van der Waals surface area contributed by atoms with Crippen LogP contribution < -0.4 is 0 Å². The second kappa shape index (κ2) is 9.74. The predicted molar refractivity (Wildman–Crippen MR) is 133 cm³/mol. The van der Waals surface area contributed by atoms with Crippen molar-refractivity contribution >= 4 is 21.8 Å². The minimum Gasteiger partial charge on any atom is -0.338 e. The molecule has 2 aliphatic heterocycles. The molecule has 2 aromatic carbocycles. The lowest BCUT2D eigenvalue weighted by Crippen LogP contribution is -2.56. The normalized spacial score (nSPS) is 25.3. The maximum absolute atomic E-state index is 13.7. The molecule has 1 saturated carbocycles. The van der Waals surface area contributed by atoms with Crippen LogP contribution in [0.4, 0.5) is 0 Å². The van der Waals surface area contributed by atoms with E-state index < -0.39 is 16.1 Å². The molecule has 3 fully saturated rings. The van der Waals surface area contributed by atoms with Gasteiger partial charge in [-0.3, -0.25) is 9.59 Å². The second-order valence-corrected chi connectivity index (χ2v) is 11.9. The van der Waals surface area contributed by atoms with Gasteiger partial charge in [0.05, 0.1) is 4.90 Å². The van der Waals surface area contributed by atoms with Gasteiger partial charge >= 0.3 is 0 Å². The molecule has 0 radical (unpaired) electrons. The lowest BCUT2D eigenvalue weighted by Gasteiger charge is -2.38. The smallest absolute Gasteiger partial charge is 0.254 e. The van der Waals surface area contributed by atoms with Crippen molar-refractivity contribution in [2.24, 2.45) is 5.92 Å². The molecule has 3 unspecified atom stereocenters. The Morgan fingerprint density at radius 2 is 1.51 bits per heavy atom. The number of nitrogens with zero attached hydrogens (tertiary/aromatic N) is 3. The first-order valence-corrected chi connectivity index (χ1v) is 14.0. The molecule has 0 aromatic heterocycles. The van der Waals surface area contributed by atoms with Crippen LogP contribution in [-0.4, -0.2) is 72.6 Å². The first-order chi connectivity index (χ1) is 16.9. The molecule has 3 aliphatic rings. The molecule has 1 aliphatic carbocycles. The fraction of sp³-hybridized carbons (Fsp3) is 0.481. The molecule has 186 valence electrons. The van der Waals surface area contributed by atoms with E-state index in [2.05, 4.69) is 0 Å². The topological polar surface area (TPSA) is 78.0 Å². The molecule has 5 rings (SSSR count). The monoisotopic (exact) mass is 495 g/mol. The van der Waals surface area contributed by atoms with Crippen molar-refractivity contribution in [2.45, 2.75) is 56.0 Å². The van der Waals surface area contributed by atoms with Crippen molar-refractivity contribution in [1.29, 1.82) is 0 Å². The zero-order valence-electron chi connectivity index (χ0n) is 20.2. The van der Waals surface area contributed by atoms with Gasteiger partial charge in [0.15, 0.2) is 0 Å². The Morgan fingerprint density at radius 3 is 2.20 bits per heavy atom. The minimum absolute atomic E-state index is 0.0453. The summed E-state index contributed by atoms with van der Waals surface area (Å²) in [6, 6.07) is 15.7. The lowest BCUT2D eigenvalue weighted by atomic mass is 9.84. The predicted octanol–water partition coefficient (Wildman–Crippen LogP) is 3.30. The van der Waals surface area contributed by atoms with Crippen LogP contribution >= 0.6 is 0 Å². The Morgan fingerprint density at radius 1 is 0.857 bits per heavy atom. The Kier molecular flexibility index (Phi) is 6.68. The number of amides is 2. The Bertz CT molecular complexity index is 1170. The largest absolute Gasteiger partial charge is 0.338 e. The molecule has 0 N–H and O–H groups in total. The van der Waals surface area contributed by atoms with E-state index >= 15 is 0 Å². The van der Waals surface area contributed by atoms with Crippen LogP contribution in [0.2, 0.25) is 0 Å². The summed E-state index contributed by atoms with van der Waals surface area (Å²) in [7, 11) is -3.59. The number of fused-ring (bicyclic) bond motifs is 1. The molecule has 3 atom stereocenters. The van der Waals surface area contributed by atoms with Gasteiger partial charge in [-0.15, -0.1) is 0 Å². The zero-order chi connectivity index (χ0) is 24.6. The number of carbonyl (C=O) groups excluding carboxylic acids is 2. The summed E-state index contributed by atoms with van der Waals surface area (Å²) in [5.41, 5.74) is 1.62. The van der Waals surface area contributed by atoms with Crippen molar-refractivity contribution < 1.29 is 18.0 Å². The standard InChI is InChI=1S/C27H33N3O4S/c1-20-11-13-23(14-12-20)35(33,34)29-17-15-28(16-18-29)27(32)25-19-22-9-5-6-10-24(22)30(25)26(31)21-7-3-2-4-8-21/h2-4,7-8,11-14,22,24-25H,5-6,9-10,15-19H2,1H3. The van der Waals surface area contributed by atoms with Crippen LogP contribution in [0.1, 0.15) is 48.0 Å². The average Bonchev–Trinajstić information content (AvgIpc) is 3.28. The third-order valence-corrected chi connectivity index (χ3v) is 9.75. The average molecular weight is 496 g/mol. The Labute approximate surface area is 207 Å². The highest BCUT2D eigenvalue weighted by molar-refractivity contribution is 7.89. The van der Waals surface area contributed by atoms with Crippen molar-refractivity contribution in [3.05, 3.63) is 65.7 Å². The summed E-state index contributed by atoms with van der Waals surface area (Å²) in [4.78, 5) is 31.1. The molecule has 7 nitrogen and oxygen atoms in total. The van der Waals surface area contributed by atoms with E-state index in [4.69, 9.17) is 0 Å². The van der Waals surface area contributed by atoms with Crippen LogP contribution in [0.3, 0.4) is 0 Å². The van der Waals surface area contributed by atoms with Crippen LogP contribution in [0.25, 0.3) is 0 Å². The van der Waals surface area contributed by atoms with Gasteiger partial charge in [-0.25, -0.2) is 8.42 Å². The third-order valence-electron chi connectivity index (χ3n) is 7.84. The molecule has 2 amide bonds. The SMILES string of the molecule is Cc1ccc(S(=O)(=O)N2CCN(C(=O)C3CC4CCCCC4N3C(=O)c3ccccc3)CC2)cc1. The first kappa shape index (κ1) is 24.0. The van der Waals surface area contributed by atoms with Crippen molar-refractivity contribution in [2.75, 3.05) is 26.2 Å². The van der Waals surface area contributed by atoms with E-state index in [0.717, 1.165) is 31.2 Å². The summed E-state index contributed by atoms with van der Waals surface area (Å²) in [5, 5.41) is 0. The van der Waals surface area contributed by atoms with Gasteiger partial charge < -0.3 is 9.80 Å². The maximum atomic E-state index is 13.7. The number of sulfonamides is 1. The van der Waals surface area contributed by atoms with E-state index in [1.54, 1.807) is 29.2 Å². The summed E-state index contributed by atoms with van der Waals surface area (Å²) in [6.45, 7) is 3.11. The Balaban J connectivity index is 1.31. The van der Waals surface area contributed by atoms with Crippen LogP contribution in [0.15, 0.2) is 59.5 Å². The number of benzene rings is 2. The molecule has 2 saturated heterocycles. The summed E-state index contributed by atoms with van der Waals surface area (Å²) >= 11 is 0. The Hall–Kier alpha value is -2.71. The number of hydrogen-bond acceptors (Lipinski definition) is 4. The van der Waals surface area contributed by atoms with Crippen LogP contribution in [0, 0.1) is 12.8 Å². The first-order valence-electron chi connectivity index (χ1n) is 12.6. The van der Waals surface area contributed by atoms with Gasteiger partial charge in [0.2, 0.25) is 15.9 Å². The molecule has 0 spiro atoms. The van der Waals surface area contributed by atoms with Gasteiger partial charge in [0.25, 0.3) is 5.91 Å². The lowest BCUT2D eigenvalue weighted by molar-refractivity contribution is -0.136. The molecule has 8 heteroatoms. The van der Waals surface area contributed by atoms with E-state index in [-0.39, 0.29) is 35.8 Å². The maximum Gasteiger partial charge on any atom is 0.254 e. The van der Waals surface area contributed by atoms with E-state index in [1.165, 1.54) is 4.31 Å². The molecule has 2 heterocycles. The number of aryl methyl sites for hydroxylation is 1. The minimum atomic E-state index is -3.59. The molecular formula is C27H33N3O4S. The van der Waals surface area contributed by atoms with Gasteiger partial charge in [0.1, 0.15) is 6.04 Å². The summed E-state index contributed by atoms with van der Waals surface area (Å²) in [5.74, 6) is 0.239. The highest BCUT2D eigenvalue weighted by atomic mass is 32.2. The van der Waals surface area contributed by atoms with Crippen LogP contribution in [0.5, 0.6) is 0 Å². The number of likely N-dealkylation sites (tertiary alicyclic amines) is 1. The molecule has 0 bridgehead atoms. The number of piperazine rings is 1. The number of carbonyl (C=O) groups is 2. The summed E-state index contributed by atoms with van der Waals surface area (Å²) in [6.07, 6.45) is 4.91. The molecule has 35 heavy (non-hydrogen) atoms. The van der Waals surface area contributed by atoms with Gasteiger partial charge in [0, 0.05) is 37.8 Å². The van der Waals surface area contributed by atoms with Crippen molar-refractivity contribution in [1.82, 2.24) is 14.1 Å². The van der Waals surface area contributed by atoms with E-state index in [1.807, 2.05) is 42.2 Å². The molecular weight excluding hydrogens is 462 g/mol. The quantitative estimate of drug-likeness (QED) is 0.652. The third kappa shape index (κ3) is 4.61. The number of hydrogen-bond donors (Lipinski definition) is 0. The summed E-state index contributed by atoms with van der Waals surface area (Å²) < 4.78 is 27.6. The van der Waals surface area contributed by atoms with E-state index in [9.17, 15) is 18.0 Å². The van der Waals surface area contributed by atoms with Gasteiger partial charge in [-0.05, 0) is 56.4 Å². The van der Waals surface area contributed by atoms with Gasteiger partial charge in [-0.2, -0.15) is 4.31 Å². The second-order valence-electron chi connectivity index (χ2n) is 9.98. The fourth-order valence-corrected chi connectivity index (χ4v) is 7.34. The number of rotatable bonds is 4. The van der Waals surface area contributed by atoms with Crippen LogP contribution in [-0.2, 0) is 14.8 Å². The van der Waals surface area contributed by atoms with E-state index in [0.29, 0.717) is 31.0 Å². The van der Waals surface area contributed by atoms with Crippen molar-refractivity contribution in [3.63, 3.8) is 0 Å². The zero-order valence-corrected chi connectivity index (χ0v) is 21.0. The molecule has 2 aromatic rings. The highest BCUT2D eigenvalue weighted by Crippen LogP contribution is 2.41. The van der Waals surface area contributed by atoms with Crippen molar-refractivity contribution in [3.8, 4) is 0 Å².